The smallest absolute Gasteiger partial charge is 0.213 e. The molecule has 0 amide bonds. The lowest BCUT2D eigenvalue weighted by Crippen LogP contribution is -2.54. The van der Waals surface area contributed by atoms with Crippen LogP contribution in [0.3, 0.4) is 0 Å². The number of aliphatic hydroxyl groups excluding tert-OH is 1. The first-order valence-corrected chi connectivity index (χ1v) is 10.6. The van der Waals surface area contributed by atoms with Crippen molar-refractivity contribution >= 4 is 0 Å². The van der Waals surface area contributed by atoms with Crippen molar-refractivity contribution in [3.05, 3.63) is 10.1 Å². The summed E-state index contributed by atoms with van der Waals surface area (Å²) in [7, 11) is 0. The van der Waals surface area contributed by atoms with Gasteiger partial charge in [-0.25, -0.2) is 0 Å². The van der Waals surface area contributed by atoms with Gasteiger partial charge in [0, 0.05) is 17.8 Å². The van der Waals surface area contributed by atoms with Crippen molar-refractivity contribution in [1.82, 2.24) is 0 Å². The number of nitro groups is 1. The molecule has 0 saturated heterocycles. The second-order valence-electron chi connectivity index (χ2n) is 10.3. The van der Waals surface area contributed by atoms with Gasteiger partial charge in [0.1, 0.15) is 0 Å². The van der Waals surface area contributed by atoms with Crippen molar-refractivity contribution in [3.63, 3.8) is 0 Å². The molecular formula is C21H35NO3. The highest BCUT2D eigenvalue weighted by molar-refractivity contribution is 5.09. The number of hydrogen-bond acceptors (Lipinski definition) is 3. The first kappa shape index (κ1) is 17.8. The third kappa shape index (κ3) is 2.49. The highest BCUT2D eigenvalue weighted by Gasteiger charge is 2.61. The molecule has 0 bridgehead atoms. The molecule has 0 spiro atoms. The van der Waals surface area contributed by atoms with Crippen LogP contribution in [0.5, 0.6) is 0 Å². The molecule has 0 aromatic carbocycles. The molecule has 0 heterocycles. The van der Waals surface area contributed by atoms with E-state index < -0.39 is 6.04 Å². The SMILES string of the molecule is C[C@H]([C@H]1CC[C@H]2[C@@H]3CC[C@H]4C[C@@H](O)CC[C@]4(C)[C@H]3CC[C@]12C)[N+](=O)[O-]. The van der Waals surface area contributed by atoms with Gasteiger partial charge in [-0.2, -0.15) is 0 Å². The summed E-state index contributed by atoms with van der Waals surface area (Å²) >= 11 is 0. The van der Waals surface area contributed by atoms with Crippen LogP contribution in [0.15, 0.2) is 0 Å². The zero-order chi connectivity index (χ0) is 18.0. The molecule has 4 aliphatic carbocycles. The van der Waals surface area contributed by atoms with Crippen LogP contribution in [0.2, 0.25) is 0 Å². The van der Waals surface area contributed by atoms with Gasteiger partial charge in [-0.1, -0.05) is 13.8 Å². The lowest BCUT2D eigenvalue weighted by atomic mass is 9.44. The molecule has 4 saturated carbocycles. The molecule has 4 nitrogen and oxygen atoms in total. The quantitative estimate of drug-likeness (QED) is 0.582. The lowest BCUT2D eigenvalue weighted by molar-refractivity contribution is -0.531. The van der Waals surface area contributed by atoms with Gasteiger partial charge in [0.2, 0.25) is 6.04 Å². The van der Waals surface area contributed by atoms with E-state index in [9.17, 15) is 15.2 Å². The van der Waals surface area contributed by atoms with E-state index in [2.05, 4.69) is 13.8 Å². The molecule has 0 unspecified atom stereocenters. The standard InChI is InChI=1S/C21H35NO3/c1-13(22(24)25)17-6-7-18-16-5-4-14-12-15(23)8-10-20(14,2)19(16)9-11-21(17,18)3/h13-19,23H,4-12H2,1-3H3/t13-,14+,15+,16+,17-,18+,19+,20+,21-/m1/s1. The number of aliphatic hydroxyl groups is 1. The number of fused-ring (bicyclic) bond motifs is 5. The van der Waals surface area contributed by atoms with Crippen LogP contribution in [0.4, 0.5) is 0 Å². The minimum absolute atomic E-state index is 0.0366. The minimum atomic E-state index is -0.400. The Hall–Kier alpha value is -0.640. The van der Waals surface area contributed by atoms with E-state index in [1.165, 1.54) is 38.5 Å². The Morgan fingerprint density at radius 1 is 1.00 bits per heavy atom. The van der Waals surface area contributed by atoms with E-state index >= 15 is 0 Å². The second kappa shape index (κ2) is 5.94. The maximum absolute atomic E-state index is 11.4. The van der Waals surface area contributed by atoms with Gasteiger partial charge in [0.05, 0.1) is 6.10 Å². The van der Waals surface area contributed by atoms with E-state index in [1.807, 2.05) is 6.92 Å². The maximum atomic E-state index is 11.4. The Balaban J connectivity index is 1.59. The van der Waals surface area contributed by atoms with Crippen molar-refractivity contribution in [1.29, 1.82) is 0 Å². The van der Waals surface area contributed by atoms with Gasteiger partial charge < -0.3 is 5.11 Å². The predicted octanol–water partition coefficient (Wildman–Crippen LogP) is 4.67. The van der Waals surface area contributed by atoms with Crippen molar-refractivity contribution in [2.24, 2.45) is 40.4 Å². The summed E-state index contributed by atoms with van der Waals surface area (Å²) in [5, 5.41) is 21.6. The van der Waals surface area contributed by atoms with Crippen molar-refractivity contribution < 1.29 is 10.0 Å². The molecule has 0 aromatic heterocycles. The van der Waals surface area contributed by atoms with Gasteiger partial charge in [0.25, 0.3) is 0 Å². The van der Waals surface area contributed by atoms with Gasteiger partial charge >= 0.3 is 0 Å². The van der Waals surface area contributed by atoms with Crippen molar-refractivity contribution in [2.45, 2.75) is 90.7 Å². The van der Waals surface area contributed by atoms with Gasteiger partial charge in [-0.05, 0) is 92.3 Å². The molecule has 0 radical (unpaired) electrons. The molecule has 9 atom stereocenters. The zero-order valence-corrected chi connectivity index (χ0v) is 16.1. The summed E-state index contributed by atoms with van der Waals surface area (Å²) in [6, 6.07) is -0.400. The van der Waals surface area contributed by atoms with Crippen LogP contribution in [0.25, 0.3) is 0 Å². The first-order chi connectivity index (χ1) is 11.8. The summed E-state index contributed by atoms with van der Waals surface area (Å²) in [6.07, 6.45) is 10.3. The van der Waals surface area contributed by atoms with Crippen LogP contribution in [-0.4, -0.2) is 22.2 Å². The van der Waals surface area contributed by atoms with Gasteiger partial charge in [0.15, 0.2) is 0 Å². The summed E-state index contributed by atoms with van der Waals surface area (Å²) < 4.78 is 0. The third-order valence-corrected chi connectivity index (χ3v) is 9.63. The molecule has 4 heteroatoms. The fourth-order valence-electron chi connectivity index (χ4n) is 8.22. The third-order valence-electron chi connectivity index (χ3n) is 9.63. The van der Waals surface area contributed by atoms with Crippen LogP contribution in [0.1, 0.15) is 78.6 Å². The van der Waals surface area contributed by atoms with Gasteiger partial charge in [-0.15, -0.1) is 0 Å². The Kier molecular flexibility index (Phi) is 4.22. The summed E-state index contributed by atoms with van der Waals surface area (Å²) in [5.41, 5.74) is 0.571. The summed E-state index contributed by atoms with van der Waals surface area (Å²) in [4.78, 5) is 11.4. The molecule has 4 aliphatic rings. The van der Waals surface area contributed by atoms with E-state index in [4.69, 9.17) is 0 Å². The Labute approximate surface area is 151 Å². The van der Waals surface area contributed by atoms with E-state index in [0.29, 0.717) is 17.3 Å². The average molecular weight is 350 g/mol. The number of nitrogens with zero attached hydrogens (tertiary/aromatic N) is 1. The highest BCUT2D eigenvalue weighted by Crippen LogP contribution is 2.67. The number of rotatable bonds is 2. The highest BCUT2D eigenvalue weighted by atomic mass is 16.6. The predicted molar refractivity (Wildman–Crippen MR) is 97.7 cm³/mol. The zero-order valence-electron chi connectivity index (χ0n) is 16.1. The Morgan fingerprint density at radius 2 is 1.68 bits per heavy atom. The van der Waals surface area contributed by atoms with E-state index in [1.54, 1.807) is 0 Å². The molecular weight excluding hydrogens is 314 g/mol. The maximum Gasteiger partial charge on any atom is 0.213 e. The van der Waals surface area contributed by atoms with Crippen LogP contribution < -0.4 is 0 Å². The lowest BCUT2D eigenvalue weighted by Gasteiger charge is -2.61. The largest absolute Gasteiger partial charge is 0.393 e. The first-order valence-electron chi connectivity index (χ1n) is 10.6. The molecule has 4 rings (SSSR count). The topological polar surface area (TPSA) is 63.4 Å². The summed E-state index contributed by atoms with van der Waals surface area (Å²) in [6.45, 7) is 6.73. The molecule has 0 aliphatic heterocycles. The normalized spacial score (nSPS) is 53.4. The molecule has 0 aromatic rings. The van der Waals surface area contributed by atoms with Gasteiger partial charge in [-0.3, -0.25) is 10.1 Å². The fraction of sp³-hybridized carbons (Fsp3) is 1.00. The Morgan fingerprint density at radius 3 is 2.40 bits per heavy atom. The average Bonchev–Trinajstić information content (AvgIpc) is 2.92. The monoisotopic (exact) mass is 349 g/mol. The molecule has 25 heavy (non-hydrogen) atoms. The molecule has 142 valence electrons. The van der Waals surface area contributed by atoms with Crippen molar-refractivity contribution in [3.8, 4) is 0 Å². The van der Waals surface area contributed by atoms with E-state index in [-0.39, 0.29) is 22.4 Å². The fourth-order valence-corrected chi connectivity index (χ4v) is 8.22. The Bertz CT molecular complexity index is 551. The van der Waals surface area contributed by atoms with Crippen LogP contribution in [0, 0.1) is 50.5 Å². The van der Waals surface area contributed by atoms with E-state index in [0.717, 1.165) is 31.1 Å². The molecule has 1 N–H and O–H groups in total. The van der Waals surface area contributed by atoms with Crippen LogP contribution >= 0.6 is 0 Å². The van der Waals surface area contributed by atoms with Crippen LogP contribution in [-0.2, 0) is 0 Å². The van der Waals surface area contributed by atoms with Crippen molar-refractivity contribution in [2.75, 3.05) is 0 Å². The minimum Gasteiger partial charge on any atom is -0.393 e. The number of hydrogen-bond donors (Lipinski definition) is 1. The second-order valence-corrected chi connectivity index (χ2v) is 10.3. The summed E-state index contributed by atoms with van der Waals surface area (Å²) in [5.74, 6) is 3.17. The molecule has 4 fully saturated rings.